The first kappa shape index (κ1) is 20.2. The lowest BCUT2D eigenvalue weighted by Gasteiger charge is -2.24. The van der Waals surface area contributed by atoms with Crippen LogP contribution in [0.1, 0.15) is 23.2 Å². The van der Waals surface area contributed by atoms with Gasteiger partial charge in [-0.1, -0.05) is 24.3 Å². The summed E-state index contributed by atoms with van der Waals surface area (Å²) in [6.45, 7) is 8.31. The van der Waals surface area contributed by atoms with Crippen molar-refractivity contribution in [1.82, 2.24) is 9.47 Å². The smallest absolute Gasteiger partial charge is 0.380 e. The van der Waals surface area contributed by atoms with Crippen molar-refractivity contribution in [3.05, 3.63) is 59.4 Å². The molecule has 0 aliphatic carbocycles. The van der Waals surface area contributed by atoms with Crippen LogP contribution in [0.3, 0.4) is 0 Å². The van der Waals surface area contributed by atoms with Crippen molar-refractivity contribution in [1.29, 1.82) is 0 Å². The molecule has 0 saturated heterocycles. The Labute approximate surface area is 162 Å². The third-order valence-electron chi connectivity index (χ3n) is 5.15. The van der Waals surface area contributed by atoms with E-state index < -0.39 is 12.0 Å². The third kappa shape index (κ3) is 4.14. The van der Waals surface area contributed by atoms with E-state index in [1.807, 2.05) is 0 Å². The van der Waals surface area contributed by atoms with Crippen LogP contribution in [0, 0.1) is 6.92 Å². The van der Waals surface area contributed by atoms with E-state index >= 15 is 0 Å². The van der Waals surface area contributed by atoms with Crippen LogP contribution in [0.5, 0.6) is 0 Å². The van der Waals surface area contributed by atoms with Crippen LogP contribution < -0.4 is 5.73 Å². The minimum absolute atomic E-state index is 0.526. The van der Waals surface area contributed by atoms with Gasteiger partial charge < -0.3 is 15.2 Å². The van der Waals surface area contributed by atoms with Crippen molar-refractivity contribution in [2.75, 3.05) is 13.6 Å². The first-order valence-electron chi connectivity index (χ1n) is 9.21. The van der Waals surface area contributed by atoms with Crippen molar-refractivity contribution in [2.45, 2.75) is 39.0 Å². The molecule has 28 heavy (non-hydrogen) atoms. The number of nitrogens with zero attached hydrogens (tertiary/aromatic N) is 3. The maximum atomic E-state index is 12.5. The molecule has 0 amide bonds. The number of aryl methyl sites for hydroxylation is 2. The maximum absolute atomic E-state index is 12.5. The lowest BCUT2D eigenvalue weighted by atomic mass is 10.0. The number of amidine groups is 1. The van der Waals surface area contributed by atoms with Gasteiger partial charge in [0.25, 0.3) is 0 Å². The van der Waals surface area contributed by atoms with Crippen LogP contribution in [0.15, 0.2) is 47.6 Å². The average Bonchev–Trinajstić information content (AvgIpc) is 2.93. The highest BCUT2D eigenvalue weighted by Gasteiger charge is 2.33. The van der Waals surface area contributed by atoms with Gasteiger partial charge in [0.05, 0.1) is 0 Å². The van der Waals surface area contributed by atoms with Crippen LogP contribution in [0.2, 0.25) is 0 Å². The lowest BCUT2D eigenvalue weighted by Crippen LogP contribution is -2.30. The van der Waals surface area contributed by atoms with Crippen LogP contribution in [-0.2, 0) is 19.5 Å². The summed E-state index contributed by atoms with van der Waals surface area (Å²) in [7, 11) is 2.11. The Hall–Kier alpha value is -2.54. The van der Waals surface area contributed by atoms with Crippen molar-refractivity contribution in [3.63, 3.8) is 0 Å². The lowest BCUT2D eigenvalue weighted by molar-refractivity contribution is -0.0598. The number of allylic oxidation sites excluding steroid dienone is 2. The first-order chi connectivity index (χ1) is 13.2. The molecular weight excluding hydrogens is 365 g/mol. The number of fused-ring (bicyclic) bond motifs is 3. The summed E-state index contributed by atoms with van der Waals surface area (Å²) in [5.74, 6) is -1.35. The molecule has 0 unspecified atom stereocenters. The summed E-state index contributed by atoms with van der Waals surface area (Å²) < 4.78 is 39.8. The Morgan fingerprint density at radius 3 is 2.79 bits per heavy atom. The van der Waals surface area contributed by atoms with Gasteiger partial charge in [-0.15, -0.1) is 0 Å². The van der Waals surface area contributed by atoms with E-state index in [2.05, 4.69) is 53.2 Å². The van der Waals surface area contributed by atoms with Crippen LogP contribution in [0.25, 0.3) is 10.9 Å². The van der Waals surface area contributed by atoms with Crippen LogP contribution in [-0.4, -0.2) is 35.1 Å². The van der Waals surface area contributed by atoms with Crippen LogP contribution >= 0.6 is 0 Å². The van der Waals surface area contributed by atoms with Crippen molar-refractivity contribution < 1.29 is 13.2 Å². The molecule has 0 bridgehead atoms. The summed E-state index contributed by atoms with van der Waals surface area (Å²) in [4.78, 5) is 5.66. The topological polar surface area (TPSA) is 46.5 Å². The highest BCUT2D eigenvalue weighted by Crippen LogP contribution is 2.32. The minimum Gasteiger partial charge on any atom is -0.380 e. The number of halogens is 3. The molecule has 150 valence electrons. The second-order valence-corrected chi connectivity index (χ2v) is 7.26. The van der Waals surface area contributed by atoms with E-state index in [0.29, 0.717) is 18.5 Å². The molecule has 0 atom stereocenters. The van der Waals surface area contributed by atoms with Gasteiger partial charge in [-0.05, 0) is 43.7 Å². The first-order valence-corrected chi connectivity index (χ1v) is 9.21. The van der Waals surface area contributed by atoms with Gasteiger partial charge in [0, 0.05) is 48.9 Å². The number of hydrogen-bond donors (Lipinski definition) is 1. The molecule has 2 N–H and O–H groups in total. The Balaban J connectivity index is 1.91. The average molecular weight is 390 g/mol. The normalized spacial score (nSPS) is 16.5. The highest BCUT2D eigenvalue weighted by atomic mass is 19.4. The zero-order valence-corrected chi connectivity index (χ0v) is 16.2. The SMILES string of the molecule is C=C/C(=C\N=C(/N)C(F)(F)F)CCn1c2c(c3cc(C)ccc31)CN(C)CC2. The number of likely N-dealkylation sites (N-methyl/N-ethyl adjacent to an activating group) is 1. The standard InChI is InChI=1S/C21H25F3N4/c1-4-15(12-26-20(25)21(22,23)24)7-10-28-18-6-5-14(2)11-16(18)17-13-27(3)9-8-19(17)28/h4-6,11-12H,1,7-10,13H2,2-3H3,(H2,25,26)/b15-12+. The van der Waals surface area contributed by atoms with Gasteiger partial charge >= 0.3 is 6.18 Å². The molecular formula is C21H25F3N4. The molecule has 0 saturated carbocycles. The van der Waals surface area contributed by atoms with E-state index in [9.17, 15) is 13.2 Å². The van der Waals surface area contributed by atoms with E-state index in [1.54, 1.807) is 0 Å². The van der Waals surface area contributed by atoms with Gasteiger partial charge in [0.1, 0.15) is 0 Å². The Morgan fingerprint density at radius 1 is 1.36 bits per heavy atom. The fraction of sp³-hybridized carbons (Fsp3) is 0.381. The minimum atomic E-state index is -4.62. The predicted molar refractivity (Wildman–Crippen MR) is 107 cm³/mol. The van der Waals surface area contributed by atoms with Crippen LogP contribution in [0.4, 0.5) is 13.2 Å². The summed E-state index contributed by atoms with van der Waals surface area (Å²) in [5.41, 5.74) is 10.6. The summed E-state index contributed by atoms with van der Waals surface area (Å²) in [5, 5.41) is 1.25. The van der Waals surface area contributed by atoms with Gasteiger partial charge in [-0.3, -0.25) is 0 Å². The van der Waals surface area contributed by atoms with E-state index in [-0.39, 0.29) is 0 Å². The largest absolute Gasteiger partial charge is 0.448 e. The Bertz CT molecular complexity index is 951. The number of aliphatic imine (C=N–C) groups is 1. The second kappa shape index (κ2) is 7.83. The zero-order chi connectivity index (χ0) is 20.5. The van der Waals surface area contributed by atoms with E-state index in [0.717, 1.165) is 31.2 Å². The molecule has 2 heterocycles. The Kier molecular flexibility index (Phi) is 5.65. The summed E-state index contributed by atoms with van der Waals surface area (Å²) in [6, 6.07) is 6.43. The zero-order valence-electron chi connectivity index (χ0n) is 16.2. The molecule has 1 aromatic carbocycles. The van der Waals surface area contributed by atoms with E-state index in [1.165, 1.54) is 28.3 Å². The molecule has 1 aliphatic rings. The monoisotopic (exact) mass is 390 g/mol. The molecule has 1 aliphatic heterocycles. The number of alkyl halides is 3. The second-order valence-electron chi connectivity index (χ2n) is 7.26. The molecule has 0 spiro atoms. The molecule has 0 radical (unpaired) electrons. The summed E-state index contributed by atoms with van der Waals surface area (Å²) in [6.07, 6.45) is -0.457. The molecule has 3 rings (SSSR count). The highest BCUT2D eigenvalue weighted by molar-refractivity contribution is 5.87. The van der Waals surface area contributed by atoms with Crippen molar-refractivity contribution >= 4 is 16.7 Å². The maximum Gasteiger partial charge on any atom is 0.448 e. The summed E-state index contributed by atoms with van der Waals surface area (Å²) >= 11 is 0. The van der Waals surface area contributed by atoms with E-state index in [4.69, 9.17) is 5.73 Å². The molecule has 2 aromatic rings. The van der Waals surface area contributed by atoms with Gasteiger partial charge in [0.15, 0.2) is 0 Å². The van der Waals surface area contributed by atoms with Gasteiger partial charge in [-0.25, -0.2) is 4.99 Å². The van der Waals surface area contributed by atoms with Gasteiger partial charge in [-0.2, -0.15) is 13.2 Å². The van der Waals surface area contributed by atoms with Gasteiger partial charge in [0.2, 0.25) is 5.84 Å². The van der Waals surface area contributed by atoms with Crippen molar-refractivity contribution in [3.8, 4) is 0 Å². The number of aromatic nitrogens is 1. The quantitative estimate of drug-likeness (QED) is 0.470. The number of hydrogen-bond acceptors (Lipinski definition) is 2. The fourth-order valence-corrected chi connectivity index (χ4v) is 3.64. The molecule has 0 fully saturated rings. The number of nitrogens with two attached hydrogens (primary N) is 1. The fourth-order valence-electron chi connectivity index (χ4n) is 3.64. The van der Waals surface area contributed by atoms with Crippen molar-refractivity contribution in [2.24, 2.45) is 10.7 Å². The molecule has 4 nitrogen and oxygen atoms in total. The number of rotatable bonds is 5. The predicted octanol–water partition coefficient (Wildman–Crippen LogP) is 4.32. The third-order valence-corrected chi connectivity index (χ3v) is 5.15. The molecule has 7 heteroatoms. The number of benzene rings is 1. The molecule has 1 aromatic heterocycles. The Morgan fingerprint density at radius 2 is 2.11 bits per heavy atom.